The molecule has 0 bridgehead atoms. The summed E-state index contributed by atoms with van der Waals surface area (Å²) in [7, 11) is 0. The molecule has 0 aliphatic rings. The molecule has 0 radical (unpaired) electrons. The van der Waals surface area contributed by atoms with Gasteiger partial charge in [0.1, 0.15) is 5.60 Å². The van der Waals surface area contributed by atoms with Crippen molar-refractivity contribution in [2.75, 3.05) is 5.32 Å². The molecule has 0 aliphatic carbocycles. The molecule has 0 aromatic heterocycles. The van der Waals surface area contributed by atoms with Crippen molar-refractivity contribution in [1.29, 1.82) is 0 Å². The number of rotatable bonds is 5. The topological polar surface area (TPSA) is 67.4 Å². The van der Waals surface area contributed by atoms with Crippen molar-refractivity contribution in [1.82, 2.24) is 5.32 Å². The van der Waals surface area contributed by atoms with E-state index >= 15 is 0 Å². The number of alkyl carbamates (subject to hydrolysis) is 1. The van der Waals surface area contributed by atoms with E-state index in [1.807, 2.05) is 87.5 Å². The van der Waals surface area contributed by atoms with Crippen molar-refractivity contribution in [3.63, 3.8) is 0 Å². The lowest BCUT2D eigenvalue weighted by Crippen LogP contribution is -2.32. The first-order valence-electron chi connectivity index (χ1n) is 9.83. The maximum atomic E-state index is 12.7. The van der Waals surface area contributed by atoms with E-state index in [2.05, 4.69) is 10.6 Å². The van der Waals surface area contributed by atoms with E-state index in [9.17, 15) is 9.59 Å². The number of hydrogen-bond acceptors (Lipinski definition) is 3. The van der Waals surface area contributed by atoms with Gasteiger partial charge in [-0.05, 0) is 55.7 Å². The average Bonchev–Trinajstić information content (AvgIpc) is 2.72. The fraction of sp³-hybridized carbons (Fsp3) is 0.200. The Kier molecular flexibility index (Phi) is 6.52. The summed E-state index contributed by atoms with van der Waals surface area (Å²) in [6, 6.07) is 24.8. The summed E-state index contributed by atoms with van der Waals surface area (Å²) < 4.78 is 5.26. The first-order chi connectivity index (χ1) is 14.3. The van der Waals surface area contributed by atoms with Gasteiger partial charge >= 0.3 is 6.09 Å². The predicted molar refractivity (Wildman–Crippen MR) is 119 cm³/mol. The zero-order chi connectivity index (χ0) is 21.6. The number of hydrogen-bond donors (Lipinski definition) is 2. The normalized spacial score (nSPS) is 10.9. The lowest BCUT2D eigenvalue weighted by molar-refractivity contribution is 0.0523. The number of carbonyl (C=O) groups is 2. The highest BCUT2D eigenvalue weighted by molar-refractivity contribution is 6.04. The second-order valence-electron chi connectivity index (χ2n) is 7.91. The minimum atomic E-state index is -0.566. The van der Waals surface area contributed by atoms with Gasteiger partial charge in [-0.3, -0.25) is 4.79 Å². The van der Waals surface area contributed by atoms with Crippen molar-refractivity contribution < 1.29 is 14.3 Å². The third kappa shape index (κ3) is 5.95. The molecule has 5 heteroatoms. The molecule has 2 amide bonds. The van der Waals surface area contributed by atoms with Gasteiger partial charge < -0.3 is 15.4 Å². The van der Waals surface area contributed by atoms with Gasteiger partial charge in [-0.15, -0.1) is 0 Å². The van der Waals surface area contributed by atoms with Crippen LogP contribution in [0.2, 0.25) is 0 Å². The van der Waals surface area contributed by atoms with Gasteiger partial charge in [0.15, 0.2) is 0 Å². The van der Waals surface area contributed by atoms with Crippen molar-refractivity contribution >= 4 is 17.7 Å². The fourth-order valence-corrected chi connectivity index (χ4v) is 2.92. The van der Waals surface area contributed by atoms with Gasteiger partial charge in [-0.2, -0.15) is 0 Å². The Morgan fingerprint density at radius 2 is 1.40 bits per heavy atom. The molecule has 154 valence electrons. The molecule has 0 aliphatic heterocycles. The van der Waals surface area contributed by atoms with E-state index in [4.69, 9.17) is 4.74 Å². The van der Waals surface area contributed by atoms with Crippen LogP contribution in [0.15, 0.2) is 78.9 Å². The predicted octanol–water partition coefficient (Wildman–Crippen LogP) is 5.63. The van der Waals surface area contributed by atoms with Crippen molar-refractivity contribution in [3.8, 4) is 11.1 Å². The molecular formula is C25H26N2O3. The zero-order valence-corrected chi connectivity index (χ0v) is 17.4. The number of benzene rings is 3. The van der Waals surface area contributed by atoms with Crippen molar-refractivity contribution in [2.24, 2.45) is 0 Å². The van der Waals surface area contributed by atoms with Crippen LogP contribution in [0.25, 0.3) is 11.1 Å². The highest BCUT2D eigenvalue weighted by atomic mass is 16.6. The first-order valence-corrected chi connectivity index (χ1v) is 9.83. The largest absolute Gasteiger partial charge is 0.444 e. The molecule has 0 unspecified atom stereocenters. The van der Waals surface area contributed by atoms with Gasteiger partial charge in [-0.1, -0.05) is 60.7 Å². The summed E-state index contributed by atoms with van der Waals surface area (Å²) in [6.07, 6.45) is -0.500. The molecule has 3 aromatic rings. The third-order valence-electron chi connectivity index (χ3n) is 4.34. The fourth-order valence-electron chi connectivity index (χ4n) is 2.92. The van der Waals surface area contributed by atoms with E-state index < -0.39 is 11.7 Å². The van der Waals surface area contributed by atoms with Gasteiger partial charge in [0.2, 0.25) is 0 Å². The molecule has 5 nitrogen and oxygen atoms in total. The second kappa shape index (κ2) is 9.27. The van der Waals surface area contributed by atoms with Crippen LogP contribution in [-0.4, -0.2) is 17.6 Å². The van der Waals surface area contributed by atoms with Crippen LogP contribution in [0.1, 0.15) is 36.7 Å². The Morgan fingerprint density at radius 3 is 2.07 bits per heavy atom. The van der Waals surface area contributed by atoms with Crippen LogP contribution >= 0.6 is 0 Å². The number of amides is 2. The molecule has 0 fully saturated rings. The van der Waals surface area contributed by atoms with Gasteiger partial charge in [0, 0.05) is 17.8 Å². The standard InChI is InChI=1S/C25H26N2O3/c1-25(2,3)30-24(29)26-17-21-11-7-8-12-22(21)27-23(28)20-15-13-19(14-16-20)18-9-5-4-6-10-18/h4-16H,17H2,1-3H3,(H,26,29)(H,27,28). The number of carbonyl (C=O) groups excluding carboxylic acids is 2. The van der Waals surface area contributed by atoms with E-state index in [1.54, 1.807) is 12.1 Å². The highest BCUT2D eigenvalue weighted by Gasteiger charge is 2.16. The number of ether oxygens (including phenoxy) is 1. The SMILES string of the molecule is CC(C)(C)OC(=O)NCc1ccccc1NC(=O)c1ccc(-c2ccccc2)cc1. The Hall–Kier alpha value is -3.60. The van der Waals surface area contributed by atoms with Gasteiger partial charge in [0.25, 0.3) is 5.91 Å². The van der Waals surface area contributed by atoms with Crippen LogP contribution in [-0.2, 0) is 11.3 Å². The quantitative estimate of drug-likeness (QED) is 0.581. The monoisotopic (exact) mass is 402 g/mol. The minimum Gasteiger partial charge on any atom is -0.444 e. The van der Waals surface area contributed by atoms with E-state index in [-0.39, 0.29) is 12.5 Å². The lowest BCUT2D eigenvalue weighted by Gasteiger charge is -2.20. The highest BCUT2D eigenvalue weighted by Crippen LogP contribution is 2.21. The smallest absolute Gasteiger partial charge is 0.407 e. The van der Waals surface area contributed by atoms with E-state index in [0.29, 0.717) is 11.3 Å². The molecule has 0 spiro atoms. The number of anilines is 1. The molecule has 0 atom stereocenters. The molecule has 2 N–H and O–H groups in total. The first kappa shape index (κ1) is 21.1. The maximum absolute atomic E-state index is 12.7. The number of para-hydroxylation sites is 1. The van der Waals surface area contributed by atoms with Gasteiger partial charge in [-0.25, -0.2) is 4.79 Å². The Balaban J connectivity index is 1.66. The van der Waals surface area contributed by atoms with Crippen molar-refractivity contribution in [2.45, 2.75) is 32.9 Å². The molecule has 0 heterocycles. The Bertz CT molecular complexity index is 1010. The lowest BCUT2D eigenvalue weighted by atomic mass is 10.0. The summed E-state index contributed by atoms with van der Waals surface area (Å²) >= 11 is 0. The molecule has 3 rings (SSSR count). The van der Waals surface area contributed by atoms with Gasteiger partial charge in [0.05, 0.1) is 0 Å². The molecule has 0 saturated carbocycles. The summed E-state index contributed by atoms with van der Waals surface area (Å²) in [5, 5.41) is 5.65. The second-order valence-corrected chi connectivity index (χ2v) is 7.91. The molecular weight excluding hydrogens is 376 g/mol. The number of nitrogens with one attached hydrogen (secondary N) is 2. The summed E-state index contributed by atoms with van der Waals surface area (Å²) in [5.74, 6) is -0.209. The third-order valence-corrected chi connectivity index (χ3v) is 4.34. The van der Waals surface area contributed by atoms with Crippen LogP contribution in [0.3, 0.4) is 0 Å². The van der Waals surface area contributed by atoms with Crippen LogP contribution < -0.4 is 10.6 Å². The molecule has 3 aromatic carbocycles. The Morgan fingerprint density at radius 1 is 0.800 bits per heavy atom. The van der Waals surface area contributed by atoms with Crippen LogP contribution in [0.5, 0.6) is 0 Å². The summed E-state index contributed by atoms with van der Waals surface area (Å²) in [4.78, 5) is 24.6. The van der Waals surface area contributed by atoms with E-state index in [0.717, 1.165) is 16.7 Å². The maximum Gasteiger partial charge on any atom is 0.407 e. The van der Waals surface area contributed by atoms with Crippen LogP contribution in [0.4, 0.5) is 10.5 Å². The zero-order valence-electron chi connectivity index (χ0n) is 17.4. The summed E-state index contributed by atoms with van der Waals surface area (Å²) in [6.45, 7) is 5.68. The average molecular weight is 402 g/mol. The van der Waals surface area contributed by atoms with Crippen LogP contribution in [0, 0.1) is 0 Å². The molecule has 30 heavy (non-hydrogen) atoms. The molecule has 0 saturated heterocycles. The minimum absolute atomic E-state index is 0.209. The van der Waals surface area contributed by atoms with E-state index in [1.165, 1.54) is 0 Å². The summed E-state index contributed by atoms with van der Waals surface area (Å²) in [5.41, 5.74) is 3.58. The van der Waals surface area contributed by atoms with Crippen molar-refractivity contribution in [3.05, 3.63) is 90.0 Å². The Labute approximate surface area is 177 Å².